The van der Waals surface area contributed by atoms with Gasteiger partial charge in [0.05, 0.1) is 17.7 Å². The fraction of sp³-hybridized carbons (Fsp3) is 0.458. The van der Waals surface area contributed by atoms with Crippen molar-refractivity contribution >= 4 is 28.7 Å². The number of halogens is 2. The van der Waals surface area contributed by atoms with Crippen LogP contribution in [-0.2, 0) is 4.74 Å². The number of carbonyl (C=O) groups is 2. The van der Waals surface area contributed by atoms with Gasteiger partial charge in [0.25, 0.3) is 0 Å². The molecule has 1 amide bonds. The third-order valence-corrected chi connectivity index (χ3v) is 5.84. The number of hydrogen-bond acceptors (Lipinski definition) is 5. The zero-order valence-electron chi connectivity index (χ0n) is 19.5. The van der Waals surface area contributed by atoms with E-state index in [-0.39, 0.29) is 36.7 Å². The molecule has 8 nitrogen and oxygen atoms in total. The van der Waals surface area contributed by atoms with E-state index in [1.807, 2.05) is 0 Å². The predicted molar refractivity (Wildman–Crippen MR) is 123 cm³/mol. The van der Waals surface area contributed by atoms with Gasteiger partial charge in [0.1, 0.15) is 22.8 Å². The zero-order chi connectivity index (χ0) is 24.9. The van der Waals surface area contributed by atoms with Crippen molar-refractivity contribution in [2.75, 3.05) is 31.6 Å². The molecule has 4 rings (SSSR count). The van der Waals surface area contributed by atoms with Crippen molar-refractivity contribution in [3.05, 3.63) is 51.3 Å². The predicted octanol–water partition coefficient (Wildman–Crippen LogP) is 4.08. The van der Waals surface area contributed by atoms with Gasteiger partial charge in [0, 0.05) is 43.3 Å². The van der Waals surface area contributed by atoms with Crippen molar-refractivity contribution in [1.29, 1.82) is 0 Å². The van der Waals surface area contributed by atoms with E-state index >= 15 is 0 Å². The van der Waals surface area contributed by atoms with Gasteiger partial charge >= 0.3 is 12.1 Å². The van der Waals surface area contributed by atoms with E-state index in [4.69, 9.17) is 4.74 Å². The van der Waals surface area contributed by atoms with Gasteiger partial charge in [-0.2, -0.15) is 0 Å². The number of hydrogen-bond donors (Lipinski definition) is 1. The molecule has 1 aromatic carbocycles. The smallest absolute Gasteiger partial charge is 0.410 e. The van der Waals surface area contributed by atoms with Crippen LogP contribution in [0.4, 0.5) is 19.3 Å². The van der Waals surface area contributed by atoms with Gasteiger partial charge in [-0.15, -0.1) is 0 Å². The largest absolute Gasteiger partial charge is 0.477 e. The summed E-state index contributed by atoms with van der Waals surface area (Å²) in [6.07, 6.45) is 2.37. The van der Waals surface area contributed by atoms with Crippen LogP contribution < -0.4 is 10.3 Å². The average molecular weight is 475 g/mol. The molecule has 1 saturated heterocycles. The first-order valence-electron chi connectivity index (χ1n) is 11.0. The van der Waals surface area contributed by atoms with Crippen LogP contribution in [0.3, 0.4) is 0 Å². The molecule has 0 radical (unpaired) electrons. The van der Waals surface area contributed by atoms with Crippen molar-refractivity contribution in [3.8, 4) is 0 Å². The summed E-state index contributed by atoms with van der Waals surface area (Å²) in [4.78, 5) is 38.9. The van der Waals surface area contributed by atoms with Gasteiger partial charge in [-0.1, -0.05) is 0 Å². The highest BCUT2D eigenvalue weighted by Crippen LogP contribution is 2.39. The Hall–Kier alpha value is -3.43. The molecule has 1 aromatic heterocycles. The van der Waals surface area contributed by atoms with Crippen LogP contribution in [-0.4, -0.2) is 58.9 Å². The first-order chi connectivity index (χ1) is 15.9. The minimum absolute atomic E-state index is 0.00880. The van der Waals surface area contributed by atoms with Crippen LogP contribution in [0.5, 0.6) is 0 Å². The van der Waals surface area contributed by atoms with Crippen molar-refractivity contribution in [2.24, 2.45) is 0 Å². The number of benzene rings is 1. The number of aromatic carboxylic acids is 1. The lowest BCUT2D eigenvalue weighted by Gasteiger charge is -2.37. The number of ether oxygens (including phenoxy) is 1. The Bertz CT molecular complexity index is 1270. The fourth-order valence-corrected chi connectivity index (χ4v) is 3.89. The molecule has 2 aromatic rings. The summed E-state index contributed by atoms with van der Waals surface area (Å²) in [5.74, 6) is -2.51. The molecule has 10 heteroatoms. The lowest BCUT2D eigenvalue weighted by molar-refractivity contribution is 0.0304. The first-order valence-corrected chi connectivity index (χ1v) is 11.0. The van der Waals surface area contributed by atoms with Gasteiger partial charge in [-0.05, 0) is 45.7 Å². The van der Waals surface area contributed by atoms with E-state index in [2.05, 4.69) is 0 Å². The lowest BCUT2D eigenvalue weighted by Crippen LogP contribution is -2.43. The molecule has 0 unspecified atom stereocenters. The summed E-state index contributed by atoms with van der Waals surface area (Å²) in [5, 5.41) is 9.36. The average Bonchev–Trinajstić information content (AvgIpc) is 3.51. The van der Waals surface area contributed by atoms with E-state index in [1.165, 1.54) is 19.3 Å². The Morgan fingerprint density at radius 2 is 1.88 bits per heavy atom. The van der Waals surface area contributed by atoms with Gasteiger partial charge in [-0.3, -0.25) is 4.79 Å². The summed E-state index contributed by atoms with van der Waals surface area (Å²) in [7, 11) is 1.44. The van der Waals surface area contributed by atoms with Gasteiger partial charge in [0.15, 0.2) is 0 Å². The topological polar surface area (TPSA) is 92.1 Å². The standard InChI is InChI=1S/C24H27F2N3O5/c1-24(2,3)34-23(33)27(4)12-18(26)13-9-28(10-13)20-8-19-15(7-17(20)25)21(30)16(22(31)32)11-29(19)14-5-6-14/h7-8,11,14H,5-6,9-10,12H2,1-4H3,(H,31,32). The van der Waals surface area contributed by atoms with Gasteiger partial charge in [-0.25, -0.2) is 18.4 Å². The highest BCUT2D eigenvalue weighted by Gasteiger charge is 2.31. The summed E-state index contributed by atoms with van der Waals surface area (Å²) < 4.78 is 36.6. The number of rotatable bonds is 5. The van der Waals surface area contributed by atoms with Crippen LogP contribution >= 0.6 is 0 Å². The van der Waals surface area contributed by atoms with E-state index in [9.17, 15) is 28.3 Å². The second kappa shape index (κ2) is 8.41. The minimum Gasteiger partial charge on any atom is -0.477 e. The molecule has 2 heterocycles. The normalized spacial score (nSPS) is 15.8. The highest BCUT2D eigenvalue weighted by atomic mass is 19.1. The Morgan fingerprint density at radius 1 is 1.24 bits per heavy atom. The summed E-state index contributed by atoms with van der Waals surface area (Å²) >= 11 is 0. The number of likely N-dealkylation sites (N-methyl/N-ethyl adjacent to an activating group) is 1. The van der Waals surface area contributed by atoms with E-state index in [1.54, 1.807) is 30.2 Å². The summed E-state index contributed by atoms with van der Waals surface area (Å²) in [6, 6.07) is 2.65. The van der Waals surface area contributed by atoms with E-state index in [0.717, 1.165) is 23.8 Å². The van der Waals surface area contributed by atoms with Crippen LogP contribution in [0.2, 0.25) is 0 Å². The van der Waals surface area contributed by atoms with Gasteiger partial charge < -0.3 is 24.2 Å². The maximum Gasteiger partial charge on any atom is 0.410 e. The second-order valence-corrected chi connectivity index (χ2v) is 9.84. The number of aromatic nitrogens is 1. The van der Waals surface area contributed by atoms with Crippen LogP contribution in [0, 0.1) is 5.82 Å². The summed E-state index contributed by atoms with van der Waals surface area (Å²) in [6.45, 7) is 5.19. The number of carboxylic acids is 1. The third kappa shape index (κ3) is 4.62. The third-order valence-electron chi connectivity index (χ3n) is 5.84. The second-order valence-electron chi connectivity index (χ2n) is 9.84. The molecule has 0 spiro atoms. The van der Waals surface area contributed by atoms with Crippen LogP contribution in [0.1, 0.15) is 50.0 Å². The molecule has 0 bridgehead atoms. The fourth-order valence-electron chi connectivity index (χ4n) is 3.89. The Kier molecular flexibility index (Phi) is 5.87. The van der Waals surface area contributed by atoms with Crippen molar-refractivity contribution in [2.45, 2.75) is 45.3 Å². The molecule has 2 aliphatic rings. The highest BCUT2D eigenvalue weighted by molar-refractivity contribution is 5.93. The first kappa shape index (κ1) is 23.7. The minimum atomic E-state index is -1.35. The van der Waals surface area contributed by atoms with Crippen molar-refractivity contribution in [3.63, 3.8) is 0 Å². The number of carbonyl (C=O) groups excluding carboxylic acids is 1. The molecule has 34 heavy (non-hydrogen) atoms. The van der Waals surface area contributed by atoms with E-state index < -0.39 is 40.3 Å². The maximum absolute atomic E-state index is 14.9. The number of amides is 1. The Labute approximate surface area is 195 Å². The number of carboxylic acid groups (broad SMARTS) is 1. The molecule has 1 aliphatic carbocycles. The number of anilines is 1. The molecule has 2 fully saturated rings. The lowest BCUT2D eigenvalue weighted by atomic mass is 10.0. The Balaban J connectivity index is 1.57. The molecule has 182 valence electrons. The van der Waals surface area contributed by atoms with Gasteiger partial charge in [0.2, 0.25) is 5.43 Å². The summed E-state index contributed by atoms with van der Waals surface area (Å²) in [5.41, 5.74) is -0.710. The molecule has 0 atom stereocenters. The number of fused-ring (bicyclic) bond motifs is 1. The monoisotopic (exact) mass is 475 g/mol. The van der Waals surface area contributed by atoms with Crippen molar-refractivity contribution < 1.29 is 28.2 Å². The molecule has 1 saturated carbocycles. The molecular formula is C24H27F2N3O5. The molecular weight excluding hydrogens is 448 g/mol. The van der Waals surface area contributed by atoms with E-state index in [0.29, 0.717) is 11.1 Å². The Morgan fingerprint density at radius 3 is 2.44 bits per heavy atom. The SMILES string of the molecule is CN(CC(F)=C1CN(c2cc3c(cc2F)c(=O)c(C(=O)O)cn3C2CC2)C1)C(=O)OC(C)(C)C. The molecule has 1 N–H and O–H groups in total. The van der Waals surface area contributed by atoms with Crippen molar-refractivity contribution in [1.82, 2.24) is 9.47 Å². The quantitative estimate of drug-likeness (QED) is 0.701. The number of pyridine rings is 1. The van der Waals surface area contributed by atoms with Crippen LogP contribution in [0.15, 0.2) is 34.5 Å². The zero-order valence-corrected chi connectivity index (χ0v) is 19.5. The number of nitrogens with zero attached hydrogens (tertiary/aromatic N) is 3. The molecule has 1 aliphatic heterocycles. The van der Waals surface area contributed by atoms with Crippen LogP contribution in [0.25, 0.3) is 10.9 Å². The maximum atomic E-state index is 14.9.